The summed E-state index contributed by atoms with van der Waals surface area (Å²) in [6.07, 6.45) is 0. The molecule has 4 aromatic carbocycles. The Morgan fingerprint density at radius 2 is 1.54 bits per heavy atom. The third kappa shape index (κ3) is 4.07. The number of nitrogens with zero attached hydrogens (tertiary/aromatic N) is 5. The number of hydrogen-bond donors (Lipinski definition) is 0. The number of thioether (sulfide) groups is 1. The maximum Gasteiger partial charge on any atom is 0.294 e. The van der Waals surface area contributed by atoms with E-state index in [1.807, 2.05) is 66.7 Å². The number of fused-ring (bicyclic) bond motifs is 2. The lowest BCUT2D eigenvalue weighted by molar-refractivity contribution is -0.384. The minimum absolute atomic E-state index is 0.135. The van der Waals surface area contributed by atoms with Crippen LogP contribution in [0.2, 0.25) is 5.02 Å². The quantitative estimate of drug-likeness (QED) is 0.200. The molecule has 1 unspecified atom stereocenters. The summed E-state index contributed by atoms with van der Waals surface area (Å²) in [4.78, 5) is 23.2. The third-order valence-corrected chi connectivity index (χ3v) is 8.13. The number of nitro groups is 1. The number of anilines is 2. The number of para-hydroxylation sites is 3. The fourth-order valence-electron chi connectivity index (χ4n) is 4.75. The summed E-state index contributed by atoms with van der Waals surface area (Å²) < 4.78 is 0. The number of halogens is 1. The van der Waals surface area contributed by atoms with Gasteiger partial charge in [-0.25, -0.2) is 10.0 Å². The highest BCUT2D eigenvalue weighted by molar-refractivity contribution is 8.17. The summed E-state index contributed by atoms with van der Waals surface area (Å²) >= 11 is 7.40. The van der Waals surface area contributed by atoms with Gasteiger partial charge in [0, 0.05) is 34.7 Å². The van der Waals surface area contributed by atoms with Crippen LogP contribution in [0.25, 0.3) is 0 Å². The number of carbonyl (C=O) groups excluding carboxylic acids is 1. The molecule has 0 fully saturated rings. The van der Waals surface area contributed by atoms with Crippen molar-refractivity contribution in [3.8, 4) is 0 Å². The van der Waals surface area contributed by atoms with Gasteiger partial charge in [0.2, 0.25) is 4.99 Å². The molecule has 2 aliphatic heterocycles. The van der Waals surface area contributed by atoms with Crippen LogP contribution in [0.4, 0.5) is 17.1 Å². The van der Waals surface area contributed by atoms with Crippen LogP contribution >= 0.6 is 23.4 Å². The van der Waals surface area contributed by atoms with Gasteiger partial charge in [0.25, 0.3) is 5.69 Å². The average molecular weight is 554 g/mol. The first kappa shape index (κ1) is 24.8. The predicted molar refractivity (Wildman–Crippen MR) is 155 cm³/mol. The number of Topliss-reactive ketones (excluding diaryl/α,β-unsaturated/α-hetero) is 1. The van der Waals surface area contributed by atoms with Crippen molar-refractivity contribution in [3.05, 3.63) is 135 Å². The number of rotatable bonds is 5. The second-order valence-electron chi connectivity index (χ2n) is 8.88. The highest BCUT2D eigenvalue weighted by Gasteiger charge is 2.56. The molecule has 0 bridgehead atoms. The molecule has 4 aromatic rings. The van der Waals surface area contributed by atoms with Crippen molar-refractivity contribution in [3.63, 3.8) is 0 Å². The van der Waals surface area contributed by atoms with Crippen LogP contribution in [0, 0.1) is 10.1 Å². The minimum Gasteiger partial charge on any atom is -0.292 e. The molecule has 0 saturated heterocycles. The fourth-order valence-corrected chi connectivity index (χ4v) is 6.16. The van der Waals surface area contributed by atoms with Crippen LogP contribution < -0.4 is 10.0 Å². The summed E-state index contributed by atoms with van der Waals surface area (Å²) in [5.74, 6) is -0.251. The van der Waals surface area contributed by atoms with Crippen LogP contribution in [0.1, 0.15) is 23.6 Å². The molecule has 0 saturated carbocycles. The molecule has 1 atom stereocenters. The topological polar surface area (TPSA) is 91.4 Å². The molecule has 6 rings (SSSR count). The predicted octanol–water partition coefficient (Wildman–Crippen LogP) is 6.79. The van der Waals surface area contributed by atoms with E-state index in [1.54, 1.807) is 40.3 Å². The molecule has 2 aliphatic rings. The van der Waals surface area contributed by atoms with Gasteiger partial charge in [-0.2, -0.15) is 10.2 Å². The zero-order valence-electron chi connectivity index (χ0n) is 20.6. The van der Waals surface area contributed by atoms with Gasteiger partial charge < -0.3 is 0 Å². The van der Waals surface area contributed by atoms with E-state index in [4.69, 9.17) is 21.8 Å². The largest absolute Gasteiger partial charge is 0.294 e. The van der Waals surface area contributed by atoms with Crippen molar-refractivity contribution in [2.24, 2.45) is 10.2 Å². The Kier molecular flexibility index (Phi) is 6.17. The van der Waals surface area contributed by atoms with Gasteiger partial charge in [-0.1, -0.05) is 78.3 Å². The summed E-state index contributed by atoms with van der Waals surface area (Å²) in [5, 5.41) is 26.2. The molecule has 8 nitrogen and oxygen atoms in total. The van der Waals surface area contributed by atoms with E-state index in [0.717, 1.165) is 22.4 Å². The molecule has 0 N–H and O–H groups in total. The zero-order chi connectivity index (χ0) is 27.1. The number of hydrogen-bond acceptors (Lipinski definition) is 8. The minimum atomic E-state index is -1.28. The third-order valence-electron chi connectivity index (χ3n) is 6.46. The van der Waals surface area contributed by atoms with Gasteiger partial charge in [-0.15, -0.1) is 0 Å². The fraction of sp³-hybridized carbons (Fsp3) is 0.0690. The van der Waals surface area contributed by atoms with Gasteiger partial charge in [-0.3, -0.25) is 14.9 Å². The zero-order valence-corrected chi connectivity index (χ0v) is 22.1. The molecule has 0 amide bonds. The van der Waals surface area contributed by atoms with Crippen LogP contribution in [0.5, 0.6) is 0 Å². The van der Waals surface area contributed by atoms with Gasteiger partial charge in [0.15, 0.2) is 10.8 Å². The van der Waals surface area contributed by atoms with Gasteiger partial charge in [0.05, 0.1) is 16.3 Å². The van der Waals surface area contributed by atoms with E-state index in [1.165, 1.54) is 24.8 Å². The molecule has 0 radical (unpaired) electrons. The molecule has 2 heterocycles. The lowest BCUT2D eigenvalue weighted by Crippen LogP contribution is -2.54. The Hall–Kier alpha value is -4.47. The lowest BCUT2D eigenvalue weighted by atomic mass is 9.93. The number of nitro benzene ring substituents is 1. The van der Waals surface area contributed by atoms with Crippen molar-refractivity contribution in [1.82, 2.24) is 0 Å². The highest BCUT2D eigenvalue weighted by atomic mass is 35.5. The molecule has 192 valence electrons. The molecule has 0 aromatic heterocycles. The first-order valence-corrected chi connectivity index (χ1v) is 13.2. The van der Waals surface area contributed by atoms with E-state index < -0.39 is 9.92 Å². The number of carbonyl (C=O) groups is 1. The molecule has 1 spiro atoms. The SMILES string of the molecule is CC(=O)C1=NN(c2ccccc2[N+](=O)[O-])C2(S1)c1ccccc1C(c1ccc(Cl)cc1)=NN2c1ccccc1. The lowest BCUT2D eigenvalue weighted by Gasteiger charge is -2.46. The Morgan fingerprint density at radius 3 is 2.26 bits per heavy atom. The molecule has 0 aliphatic carbocycles. The summed E-state index contributed by atoms with van der Waals surface area (Å²) in [6, 6.07) is 31.0. The summed E-state index contributed by atoms with van der Waals surface area (Å²) in [5.41, 5.74) is 3.94. The Bertz CT molecular complexity index is 1680. The van der Waals surface area contributed by atoms with E-state index in [-0.39, 0.29) is 22.2 Å². The smallest absolute Gasteiger partial charge is 0.292 e. The van der Waals surface area contributed by atoms with Gasteiger partial charge in [0.1, 0.15) is 5.69 Å². The molecular weight excluding hydrogens is 534 g/mol. The van der Waals surface area contributed by atoms with Crippen molar-refractivity contribution in [2.45, 2.75) is 11.9 Å². The standard InChI is InChI=1S/C29H20ClN5O3S/c1-19(36)28-32-34(25-13-7-8-14-26(25)35(37)38)29(39-28)24-12-6-5-11-23(24)27(20-15-17-21(30)18-16-20)31-33(29)22-9-3-2-4-10-22/h2-18H,1H3. The number of ketones is 1. The van der Waals surface area contributed by atoms with Crippen LogP contribution in [0.15, 0.2) is 113 Å². The number of benzene rings is 4. The van der Waals surface area contributed by atoms with Crippen molar-refractivity contribution >= 4 is 57.0 Å². The maximum atomic E-state index is 12.8. The first-order valence-electron chi connectivity index (χ1n) is 12.0. The van der Waals surface area contributed by atoms with Crippen LogP contribution in [0.3, 0.4) is 0 Å². The Balaban J connectivity index is 1.69. The molecule has 39 heavy (non-hydrogen) atoms. The summed E-state index contributed by atoms with van der Waals surface area (Å²) in [6.45, 7) is 1.44. The second kappa shape index (κ2) is 9.68. The normalized spacial score (nSPS) is 18.0. The van der Waals surface area contributed by atoms with E-state index in [0.29, 0.717) is 10.7 Å². The van der Waals surface area contributed by atoms with Crippen molar-refractivity contribution in [2.75, 3.05) is 10.0 Å². The van der Waals surface area contributed by atoms with E-state index in [9.17, 15) is 14.9 Å². The van der Waals surface area contributed by atoms with E-state index >= 15 is 0 Å². The Labute approximate surface area is 233 Å². The van der Waals surface area contributed by atoms with E-state index in [2.05, 4.69) is 0 Å². The second-order valence-corrected chi connectivity index (χ2v) is 10.5. The van der Waals surface area contributed by atoms with Crippen LogP contribution in [-0.4, -0.2) is 21.5 Å². The highest BCUT2D eigenvalue weighted by Crippen LogP contribution is 2.56. The summed E-state index contributed by atoms with van der Waals surface area (Å²) in [7, 11) is 0. The first-order chi connectivity index (χ1) is 18.9. The van der Waals surface area contributed by atoms with Crippen molar-refractivity contribution < 1.29 is 9.72 Å². The molecule has 10 heteroatoms. The van der Waals surface area contributed by atoms with Crippen LogP contribution in [-0.2, 0) is 9.79 Å². The average Bonchev–Trinajstić information content (AvgIpc) is 3.36. The monoisotopic (exact) mass is 553 g/mol. The Morgan fingerprint density at radius 1 is 0.872 bits per heavy atom. The van der Waals surface area contributed by atoms with Crippen molar-refractivity contribution in [1.29, 1.82) is 0 Å². The number of hydrazone groups is 2. The molecular formula is C29H20ClN5O3S. The van der Waals surface area contributed by atoms with Gasteiger partial charge >= 0.3 is 0 Å². The van der Waals surface area contributed by atoms with Gasteiger partial charge in [-0.05, 0) is 42.1 Å². The maximum absolute atomic E-state index is 12.8.